The molecule has 0 unspecified atom stereocenters. The van der Waals surface area contributed by atoms with Crippen molar-refractivity contribution in [2.45, 2.75) is 12.3 Å². The van der Waals surface area contributed by atoms with Crippen molar-refractivity contribution in [3.63, 3.8) is 0 Å². The summed E-state index contributed by atoms with van der Waals surface area (Å²) in [5, 5.41) is 0.554. The zero-order valence-corrected chi connectivity index (χ0v) is 11.3. The molecule has 1 rings (SSSR count). The van der Waals surface area contributed by atoms with E-state index in [1.54, 1.807) is 19.2 Å². The Labute approximate surface area is 105 Å². The fourth-order valence-electron chi connectivity index (χ4n) is 0.960. The van der Waals surface area contributed by atoms with Crippen molar-refractivity contribution in [3.8, 4) is 0 Å². The van der Waals surface area contributed by atoms with Crippen LogP contribution in [0.1, 0.15) is 23.0 Å². The van der Waals surface area contributed by atoms with E-state index in [0.29, 0.717) is 23.2 Å². The van der Waals surface area contributed by atoms with Gasteiger partial charge in [0, 0.05) is 15.1 Å². The Balaban J connectivity index is 3.03. The fourth-order valence-corrected chi connectivity index (χ4v) is 1.86. The Kier molecular flexibility index (Phi) is 4.80. The lowest BCUT2D eigenvalue weighted by molar-refractivity contribution is 0.0525. The van der Waals surface area contributed by atoms with E-state index in [4.69, 9.17) is 4.74 Å². The molecule has 14 heavy (non-hydrogen) atoms. The Morgan fingerprint density at radius 2 is 2.43 bits per heavy atom. The predicted octanol–water partition coefficient (Wildman–Crippen LogP) is 2.76. The molecule has 0 aliphatic heterocycles. The molecule has 3 nitrogen and oxygen atoms in total. The smallest absolute Gasteiger partial charge is 0.340 e. The zero-order valence-electron chi connectivity index (χ0n) is 7.59. The Morgan fingerprint density at radius 1 is 1.71 bits per heavy atom. The van der Waals surface area contributed by atoms with E-state index in [9.17, 15) is 4.79 Å². The van der Waals surface area contributed by atoms with Gasteiger partial charge in [0.15, 0.2) is 0 Å². The topological polar surface area (TPSA) is 39.2 Å². The average Bonchev–Trinajstić information content (AvgIpc) is 2.18. The van der Waals surface area contributed by atoms with Crippen molar-refractivity contribution in [2.75, 3.05) is 6.61 Å². The van der Waals surface area contributed by atoms with Crippen LogP contribution in [0.25, 0.3) is 0 Å². The largest absolute Gasteiger partial charge is 0.462 e. The molecular weight excluding hydrogens is 361 g/mol. The molecule has 1 heterocycles. The summed E-state index contributed by atoms with van der Waals surface area (Å²) < 4.78 is 5.85. The average molecular weight is 370 g/mol. The van der Waals surface area contributed by atoms with Crippen LogP contribution < -0.4 is 0 Å². The molecule has 1 aromatic rings. The first-order chi connectivity index (χ1) is 6.69. The molecule has 0 bridgehead atoms. The number of hydrogen-bond donors (Lipinski definition) is 0. The molecule has 0 radical (unpaired) electrons. The number of halogens is 2. The van der Waals surface area contributed by atoms with E-state index < -0.39 is 0 Å². The molecular formula is C9H9BrINO2. The van der Waals surface area contributed by atoms with Crippen LogP contribution in [0.4, 0.5) is 0 Å². The molecule has 0 aliphatic rings. The van der Waals surface area contributed by atoms with Gasteiger partial charge in [-0.1, -0.05) is 15.9 Å². The van der Waals surface area contributed by atoms with Crippen molar-refractivity contribution in [3.05, 3.63) is 27.1 Å². The number of esters is 1. The summed E-state index contributed by atoms with van der Waals surface area (Å²) in [6.45, 7) is 2.17. The van der Waals surface area contributed by atoms with Gasteiger partial charge in [-0.05, 0) is 35.6 Å². The lowest BCUT2D eigenvalue weighted by Gasteiger charge is -2.05. The summed E-state index contributed by atoms with van der Waals surface area (Å²) in [6.07, 6.45) is 1.72. The van der Waals surface area contributed by atoms with Gasteiger partial charge >= 0.3 is 5.97 Å². The van der Waals surface area contributed by atoms with E-state index >= 15 is 0 Å². The van der Waals surface area contributed by atoms with Crippen molar-refractivity contribution >= 4 is 44.5 Å². The molecule has 0 saturated heterocycles. The molecule has 1 aromatic heterocycles. The summed E-state index contributed by atoms with van der Waals surface area (Å²) in [5.74, 6) is -0.312. The van der Waals surface area contributed by atoms with Gasteiger partial charge in [-0.25, -0.2) is 4.79 Å². The number of alkyl halides is 1. The highest BCUT2D eigenvalue weighted by molar-refractivity contribution is 14.1. The van der Waals surface area contributed by atoms with Gasteiger partial charge in [0.2, 0.25) is 0 Å². The van der Waals surface area contributed by atoms with E-state index in [1.807, 2.05) is 0 Å². The third-order valence-electron chi connectivity index (χ3n) is 1.56. The van der Waals surface area contributed by atoms with Gasteiger partial charge in [0.1, 0.15) is 0 Å². The number of hydrogen-bond acceptors (Lipinski definition) is 3. The van der Waals surface area contributed by atoms with Crippen molar-refractivity contribution in [1.29, 1.82) is 0 Å². The lowest BCUT2D eigenvalue weighted by atomic mass is 10.2. The number of ether oxygens (including phenoxy) is 1. The Morgan fingerprint density at radius 3 is 3.00 bits per heavy atom. The summed E-state index contributed by atoms with van der Waals surface area (Å²) >= 11 is 5.39. The van der Waals surface area contributed by atoms with Crippen molar-refractivity contribution in [2.24, 2.45) is 0 Å². The highest BCUT2D eigenvalue weighted by Crippen LogP contribution is 2.14. The molecule has 0 amide bonds. The van der Waals surface area contributed by atoms with E-state index in [0.717, 1.165) is 3.57 Å². The molecule has 0 fully saturated rings. The normalized spacial score (nSPS) is 9.93. The van der Waals surface area contributed by atoms with Crippen molar-refractivity contribution < 1.29 is 9.53 Å². The Bertz CT molecular complexity index is 344. The SMILES string of the molecule is CCOC(=O)c1cc(I)cnc1CBr. The van der Waals surface area contributed by atoms with Gasteiger partial charge in [0.05, 0.1) is 17.9 Å². The molecule has 0 aliphatic carbocycles. The second kappa shape index (κ2) is 5.65. The second-order valence-corrected chi connectivity index (χ2v) is 4.31. The number of carbonyl (C=O) groups is 1. The fraction of sp³-hybridized carbons (Fsp3) is 0.333. The summed E-state index contributed by atoms with van der Waals surface area (Å²) in [6, 6.07) is 1.78. The number of carbonyl (C=O) groups excluding carboxylic acids is 1. The van der Waals surface area contributed by atoms with Crippen LogP contribution in [0.3, 0.4) is 0 Å². The van der Waals surface area contributed by atoms with E-state index in [1.165, 1.54) is 0 Å². The monoisotopic (exact) mass is 369 g/mol. The number of rotatable bonds is 3. The third kappa shape index (κ3) is 2.91. The van der Waals surface area contributed by atoms with E-state index in [-0.39, 0.29) is 5.97 Å². The highest BCUT2D eigenvalue weighted by Gasteiger charge is 2.13. The molecule has 0 atom stereocenters. The number of aromatic nitrogens is 1. The first-order valence-corrected chi connectivity index (χ1v) is 6.26. The van der Waals surface area contributed by atoms with Crippen LogP contribution in [0.2, 0.25) is 0 Å². The van der Waals surface area contributed by atoms with Crippen molar-refractivity contribution in [1.82, 2.24) is 4.98 Å². The molecule has 0 spiro atoms. The second-order valence-electron chi connectivity index (χ2n) is 2.50. The van der Waals surface area contributed by atoms with Gasteiger partial charge in [-0.2, -0.15) is 0 Å². The van der Waals surface area contributed by atoms with Gasteiger partial charge in [-0.15, -0.1) is 0 Å². The minimum absolute atomic E-state index is 0.312. The summed E-state index contributed by atoms with van der Waals surface area (Å²) in [5.41, 5.74) is 1.25. The first kappa shape index (κ1) is 11.9. The maximum absolute atomic E-state index is 11.5. The first-order valence-electron chi connectivity index (χ1n) is 4.06. The maximum atomic E-state index is 11.5. The van der Waals surface area contributed by atoms with Gasteiger partial charge in [0.25, 0.3) is 0 Å². The summed E-state index contributed by atoms with van der Waals surface area (Å²) in [7, 11) is 0. The highest BCUT2D eigenvalue weighted by atomic mass is 127. The molecule has 0 N–H and O–H groups in total. The van der Waals surface area contributed by atoms with Crippen LogP contribution in [-0.2, 0) is 10.1 Å². The minimum atomic E-state index is -0.312. The van der Waals surface area contributed by atoms with Crippen LogP contribution in [-0.4, -0.2) is 17.6 Å². The Hall–Kier alpha value is -0.170. The number of nitrogens with zero attached hydrogens (tertiary/aromatic N) is 1. The van der Waals surface area contributed by atoms with Crippen LogP contribution in [0, 0.1) is 3.57 Å². The van der Waals surface area contributed by atoms with Gasteiger partial charge in [-0.3, -0.25) is 4.98 Å². The standard InChI is InChI=1S/C9H9BrINO2/c1-2-14-9(13)7-3-6(11)5-12-8(7)4-10/h3,5H,2,4H2,1H3. The predicted molar refractivity (Wildman–Crippen MR) is 65.5 cm³/mol. The minimum Gasteiger partial charge on any atom is -0.462 e. The lowest BCUT2D eigenvalue weighted by Crippen LogP contribution is -2.09. The third-order valence-corrected chi connectivity index (χ3v) is 2.68. The maximum Gasteiger partial charge on any atom is 0.340 e. The molecule has 76 valence electrons. The van der Waals surface area contributed by atoms with Crippen LogP contribution in [0.5, 0.6) is 0 Å². The molecule has 0 saturated carbocycles. The van der Waals surface area contributed by atoms with E-state index in [2.05, 4.69) is 43.5 Å². The van der Waals surface area contributed by atoms with Crippen LogP contribution in [0.15, 0.2) is 12.3 Å². The molecule has 5 heteroatoms. The quantitative estimate of drug-likeness (QED) is 0.467. The molecule has 0 aromatic carbocycles. The zero-order chi connectivity index (χ0) is 10.6. The van der Waals surface area contributed by atoms with Gasteiger partial charge < -0.3 is 4.74 Å². The number of pyridine rings is 1. The van der Waals surface area contributed by atoms with Crippen LogP contribution >= 0.6 is 38.5 Å². The summed E-state index contributed by atoms with van der Waals surface area (Å²) in [4.78, 5) is 15.6.